The maximum absolute atomic E-state index is 12.7. The van der Waals surface area contributed by atoms with Crippen molar-refractivity contribution >= 4 is 5.97 Å². The van der Waals surface area contributed by atoms with Crippen LogP contribution in [-0.2, 0) is 4.74 Å². The largest absolute Gasteiger partial charge is 0.466 e. The monoisotopic (exact) mass is 236 g/mol. The molecule has 16 heavy (non-hydrogen) atoms. The average molecular weight is 236 g/mol. The summed E-state index contributed by atoms with van der Waals surface area (Å²) in [6.45, 7) is -0.0225. The Morgan fingerprint density at radius 1 is 1.12 bits per heavy atom. The van der Waals surface area contributed by atoms with E-state index in [2.05, 4.69) is 4.74 Å². The van der Waals surface area contributed by atoms with Crippen LogP contribution >= 0.6 is 0 Å². The lowest BCUT2D eigenvalue weighted by atomic mass is 10.2. The molecule has 0 aromatic heterocycles. The van der Waals surface area contributed by atoms with Crippen molar-refractivity contribution in [1.29, 1.82) is 0 Å². The molecule has 0 unspecified atom stereocenters. The van der Waals surface area contributed by atoms with E-state index in [0.29, 0.717) is 0 Å². The summed E-state index contributed by atoms with van der Waals surface area (Å²) in [7, 11) is 0. The highest BCUT2D eigenvalue weighted by molar-refractivity contribution is 5.89. The molecular formula is C10H8F4O2. The number of carbonyl (C=O) groups is 1. The van der Waals surface area contributed by atoms with Crippen molar-refractivity contribution in [2.24, 2.45) is 0 Å². The molecule has 1 rings (SSSR count). The van der Waals surface area contributed by atoms with Crippen molar-refractivity contribution in [2.75, 3.05) is 0 Å². The number of ether oxygens (including phenoxy) is 1. The Bertz CT molecular complexity index is 370. The van der Waals surface area contributed by atoms with Gasteiger partial charge < -0.3 is 4.74 Å². The molecule has 0 atom stereocenters. The third kappa shape index (κ3) is 2.71. The molecule has 0 N–H and O–H groups in total. The number of hydrogen-bond donors (Lipinski definition) is 0. The van der Waals surface area contributed by atoms with Crippen molar-refractivity contribution in [3.63, 3.8) is 0 Å². The first-order valence-corrected chi connectivity index (χ1v) is 4.28. The van der Waals surface area contributed by atoms with Crippen LogP contribution in [0.15, 0.2) is 30.3 Å². The summed E-state index contributed by atoms with van der Waals surface area (Å²) in [5, 5.41) is 0. The summed E-state index contributed by atoms with van der Waals surface area (Å²) in [4.78, 5) is 11.1. The van der Waals surface area contributed by atoms with E-state index in [-0.39, 0.29) is 12.5 Å². The van der Waals surface area contributed by atoms with Crippen LogP contribution in [0, 0.1) is 0 Å². The Kier molecular flexibility index (Phi) is 3.21. The van der Waals surface area contributed by atoms with Gasteiger partial charge in [0.25, 0.3) is 0 Å². The van der Waals surface area contributed by atoms with Gasteiger partial charge in [-0.15, -0.1) is 0 Å². The van der Waals surface area contributed by atoms with E-state index in [1.165, 1.54) is 24.3 Å². The van der Waals surface area contributed by atoms with Gasteiger partial charge in [-0.25, -0.2) is 4.79 Å². The lowest BCUT2D eigenvalue weighted by molar-refractivity contribution is -0.314. The molecular weight excluding hydrogens is 228 g/mol. The highest BCUT2D eigenvalue weighted by atomic mass is 19.3. The molecule has 2 nitrogen and oxygen atoms in total. The van der Waals surface area contributed by atoms with Gasteiger partial charge >= 0.3 is 18.0 Å². The zero-order valence-corrected chi connectivity index (χ0v) is 8.22. The molecule has 1 aromatic rings. The van der Waals surface area contributed by atoms with E-state index < -0.39 is 18.0 Å². The second-order valence-electron chi connectivity index (χ2n) is 3.16. The third-order valence-corrected chi connectivity index (χ3v) is 1.74. The summed E-state index contributed by atoms with van der Waals surface area (Å²) in [5.74, 6) is -5.91. The molecule has 88 valence electrons. The summed E-state index contributed by atoms with van der Waals surface area (Å²) in [5.41, 5.74) is -0.216. The van der Waals surface area contributed by atoms with E-state index >= 15 is 0 Å². The van der Waals surface area contributed by atoms with Gasteiger partial charge in [-0.1, -0.05) is 18.2 Å². The van der Waals surface area contributed by atoms with Gasteiger partial charge in [-0.2, -0.15) is 17.6 Å². The number of esters is 1. The van der Waals surface area contributed by atoms with Crippen molar-refractivity contribution in [3.8, 4) is 0 Å². The number of benzene rings is 1. The van der Waals surface area contributed by atoms with Gasteiger partial charge in [-0.3, -0.25) is 0 Å². The van der Waals surface area contributed by atoms with Crippen molar-refractivity contribution in [3.05, 3.63) is 35.9 Å². The van der Waals surface area contributed by atoms with E-state index in [1.54, 1.807) is 6.07 Å². The van der Waals surface area contributed by atoms with Gasteiger partial charge in [0.1, 0.15) is 0 Å². The van der Waals surface area contributed by atoms with Crippen LogP contribution in [0.5, 0.6) is 0 Å². The topological polar surface area (TPSA) is 26.3 Å². The first kappa shape index (κ1) is 12.5. The second kappa shape index (κ2) is 4.11. The number of carbonyl (C=O) groups excluding carboxylic acids is 1. The molecule has 0 radical (unpaired) electrons. The first-order chi connectivity index (χ1) is 7.24. The number of rotatable bonds is 3. The van der Waals surface area contributed by atoms with Crippen LogP contribution in [0.2, 0.25) is 0 Å². The molecule has 1 aromatic carbocycles. The van der Waals surface area contributed by atoms with Gasteiger partial charge in [0.05, 0.1) is 5.56 Å². The molecule has 0 aliphatic carbocycles. The van der Waals surface area contributed by atoms with E-state index in [1.807, 2.05) is 0 Å². The fourth-order valence-corrected chi connectivity index (χ4v) is 0.839. The molecule has 0 heterocycles. The Balaban J connectivity index is 2.80. The molecule has 0 saturated carbocycles. The molecule has 0 bridgehead atoms. The molecule has 0 fully saturated rings. The highest BCUT2D eigenvalue weighted by Crippen LogP contribution is 2.35. The van der Waals surface area contributed by atoms with Crippen LogP contribution in [-0.4, -0.2) is 18.0 Å². The molecule has 0 saturated heterocycles. The quantitative estimate of drug-likeness (QED) is 0.595. The third-order valence-electron chi connectivity index (χ3n) is 1.74. The zero-order valence-electron chi connectivity index (χ0n) is 8.22. The number of alkyl halides is 4. The first-order valence-electron chi connectivity index (χ1n) is 4.28. The predicted octanol–water partition coefficient (Wildman–Crippen LogP) is 3.09. The van der Waals surface area contributed by atoms with Crippen molar-refractivity contribution in [1.82, 2.24) is 0 Å². The summed E-state index contributed by atoms with van der Waals surface area (Å²) in [6, 6.07) is 6.72. The highest BCUT2D eigenvalue weighted by Gasteiger charge is 2.56. The Hall–Kier alpha value is -1.59. The van der Waals surface area contributed by atoms with Gasteiger partial charge in [0, 0.05) is 6.92 Å². The van der Waals surface area contributed by atoms with E-state index in [9.17, 15) is 22.4 Å². The van der Waals surface area contributed by atoms with Crippen molar-refractivity contribution < 1.29 is 27.1 Å². The smallest absolute Gasteiger partial charge is 0.392 e. The lowest BCUT2D eigenvalue weighted by Gasteiger charge is -2.22. The Labute approximate surface area is 88.8 Å². The minimum atomic E-state index is -4.82. The second-order valence-corrected chi connectivity index (χ2v) is 3.16. The zero-order chi connectivity index (χ0) is 12.4. The van der Waals surface area contributed by atoms with Gasteiger partial charge in [0.15, 0.2) is 0 Å². The summed E-state index contributed by atoms with van der Waals surface area (Å²) in [6.07, 6.45) is -4.82. The van der Waals surface area contributed by atoms with Crippen LogP contribution in [0.1, 0.15) is 17.3 Å². The minimum absolute atomic E-state index is 0.0225. The maximum atomic E-state index is 12.7. The van der Waals surface area contributed by atoms with Crippen LogP contribution in [0.4, 0.5) is 17.6 Å². The predicted molar refractivity (Wildman–Crippen MR) is 47.4 cm³/mol. The van der Waals surface area contributed by atoms with Gasteiger partial charge in [-0.05, 0) is 12.1 Å². The summed E-state index contributed by atoms with van der Waals surface area (Å²) >= 11 is 0. The van der Waals surface area contributed by atoms with Crippen LogP contribution in [0.25, 0.3) is 0 Å². The molecule has 0 aliphatic heterocycles. The van der Waals surface area contributed by atoms with Crippen molar-refractivity contribution in [2.45, 2.75) is 19.0 Å². The van der Waals surface area contributed by atoms with E-state index in [0.717, 1.165) is 0 Å². The summed E-state index contributed by atoms with van der Waals surface area (Å²) < 4.78 is 53.5. The SMILES string of the molecule is CC(F)(F)C(F)(F)OC(=O)c1ccccc1. The number of hydrogen-bond acceptors (Lipinski definition) is 2. The standard InChI is InChI=1S/C10H8F4O2/c1-9(11,12)10(13,14)16-8(15)7-5-3-2-4-6-7/h2-6H,1H3. The molecule has 0 amide bonds. The number of halogens is 4. The fraction of sp³-hybridized carbons (Fsp3) is 0.300. The Morgan fingerprint density at radius 2 is 1.62 bits per heavy atom. The molecule has 0 aliphatic rings. The Morgan fingerprint density at radius 3 is 2.06 bits per heavy atom. The molecule has 0 spiro atoms. The molecule has 6 heteroatoms. The minimum Gasteiger partial charge on any atom is -0.392 e. The van der Waals surface area contributed by atoms with Crippen LogP contribution < -0.4 is 0 Å². The van der Waals surface area contributed by atoms with Gasteiger partial charge in [0.2, 0.25) is 0 Å². The average Bonchev–Trinajstić information content (AvgIpc) is 2.16. The maximum Gasteiger partial charge on any atom is 0.466 e. The lowest BCUT2D eigenvalue weighted by Crippen LogP contribution is -2.41. The fourth-order valence-electron chi connectivity index (χ4n) is 0.839. The normalized spacial score (nSPS) is 12.3. The van der Waals surface area contributed by atoms with Crippen LogP contribution in [0.3, 0.4) is 0 Å². The van der Waals surface area contributed by atoms with E-state index in [4.69, 9.17) is 0 Å².